The molecule has 3 fully saturated rings. The van der Waals surface area contributed by atoms with Crippen LogP contribution in [0.4, 0.5) is 28.4 Å². The number of nitro groups is 2. The standard InChI is InChI=1S/C42H36ClN5O10/c1-44(2)37-33(47(54)55)20-27(21-34(37)48(56)57)45-38(50)30-16-15-29-31(35(30)40(45)52)22-32-39(51)46(26-10-6-9-25(43)19-26)41(53)42(32,24-7-4-3-5-8-24)36(29)23-11-13-28(14-12-23)58-18-17-49/h3-15,19-21,30-32,35-36,49H,16-18,22H2,1-2H3/t30-,31+,32-,35-,36-,42+/m0/s1. The molecule has 0 bridgehead atoms. The lowest BCUT2D eigenvalue weighted by molar-refractivity contribution is -0.392. The fourth-order valence-electron chi connectivity index (χ4n) is 9.75. The number of nitro benzene ring substituents is 2. The summed E-state index contributed by atoms with van der Waals surface area (Å²) >= 11 is 6.39. The monoisotopic (exact) mass is 805 g/mol. The van der Waals surface area contributed by atoms with Crippen molar-refractivity contribution in [1.29, 1.82) is 0 Å². The molecule has 58 heavy (non-hydrogen) atoms. The summed E-state index contributed by atoms with van der Waals surface area (Å²) in [6.07, 6.45) is 1.91. The molecule has 0 radical (unpaired) electrons. The topological polar surface area (TPSA) is 194 Å². The van der Waals surface area contributed by atoms with E-state index in [-0.39, 0.29) is 43.1 Å². The number of aliphatic hydroxyl groups excluding tert-OH is 1. The maximum absolute atomic E-state index is 15.4. The number of ether oxygens (including phenoxy) is 1. The molecule has 4 amide bonds. The van der Waals surface area contributed by atoms with Gasteiger partial charge in [-0.25, -0.2) is 9.80 Å². The van der Waals surface area contributed by atoms with E-state index in [9.17, 15) is 39.7 Å². The SMILES string of the molecule is CN(C)c1c([N+](=O)[O-])cc(N2C(=O)[C@H]3[C@H](CC=C4[C@H]3C[C@H]3C(=O)N(c5cccc(Cl)c5)C(=O)[C@@]3(c3ccccc3)[C@H]4c3ccc(OCCO)cc3)C2=O)cc1[N+](=O)[O-]. The second-order valence-corrected chi connectivity index (χ2v) is 15.4. The molecule has 6 atom stereocenters. The van der Waals surface area contributed by atoms with Crippen molar-refractivity contribution in [2.24, 2.45) is 23.7 Å². The zero-order valence-electron chi connectivity index (χ0n) is 31.2. The Morgan fingerprint density at radius 3 is 2.10 bits per heavy atom. The number of carbonyl (C=O) groups is 4. The number of halogens is 1. The molecule has 2 aliphatic carbocycles. The lowest BCUT2D eigenvalue weighted by atomic mass is 9.49. The number of hydrogen-bond donors (Lipinski definition) is 1. The summed E-state index contributed by atoms with van der Waals surface area (Å²) < 4.78 is 5.65. The number of amides is 4. The van der Waals surface area contributed by atoms with Gasteiger partial charge in [-0.05, 0) is 60.2 Å². The van der Waals surface area contributed by atoms with Crippen LogP contribution in [0.2, 0.25) is 5.02 Å². The van der Waals surface area contributed by atoms with Crippen molar-refractivity contribution >= 4 is 63.7 Å². The largest absolute Gasteiger partial charge is 0.491 e. The molecule has 0 unspecified atom stereocenters. The highest BCUT2D eigenvalue weighted by Gasteiger charge is 2.70. The van der Waals surface area contributed by atoms with Crippen LogP contribution in [0.3, 0.4) is 0 Å². The lowest BCUT2D eigenvalue weighted by Gasteiger charge is -2.50. The highest BCUT2D eigenvalue weighted by atomic mass is 35.5. The van der Waals surface area contributed by atoms with Crippen LogP contribution in [0.15, 0.2) is 103 Å². The smallest absolute Gasteiger partial charge is 0.301 e. The molecule has 4 aromatic rings. The quantitative estimate of drug-likeness (QED) is 0.0860. The number of benzene rings is 4. The zero-order chi connectivity index (χ0) is 41.2. The number of fused-ring (bicyclic) bond motifs is 4. The summed E-state index contributed by atoms with van der Waals surface area (Å²) in [7, 11) is 2.83. The molecule has 2 aliphatic heterocycles. The van der Waals surface area contributed by atoms with Gasteiger partial charge in [0.15, 0.2) is 5.69 Å². The normalized spacial score (nSPS) is 24.9. The highest BCUT2D eigenvalue weighted by Crippen LogP contribution is 2.64. The van der Waals surface area contributed by atoms with Crippen molar-refractivity contribution < 1.29 is 38.9 Å². The predicted octanol–water partition coefficient (Wildman–Crippen LogP) is 5.96. The first kappa shape index (κ1) is 38.4. The summed E-state index contributed by atoms with van der Waals surface area (Å²) in [5, 5.41) is 34.1. The minimum atomic E-state index is -1.53. The molecule has 4 aromatic carbocycles. The van der Waals surface area contributed by atoms with E-state index in [2.05, 4.69) is 0 Å². The van der Waals surface area contributed by atoms with Gasteiger partial charge in [-0.15, -0.1) is 0 Å². The summed E-state index contributed by atoms with van der Waals surface area (Å²) in [6.45, 7) is -0.159. The number of aliphatic hydroxyl groups is 1. The van der Waals surface area contributed by atoms with Gasteiger partial charge < -0.3 is 14.7 Å². The predicted molar refractivity (Wildman–Crippen MR) is 212 cm³/mol. The second-order valence-electron chi connectivity index (χ2n) is 15.0. The van der Waals surface area contributed by atoms with Gasteiger partial charge in [0.2, 0.25) is 23.6 Å². The fraction of sp³-hybridized carbons (Fsp3) is 0.286. The van der Waals surface area contributed by atoms with E-state index in [1.165, 1.54) is 25.1 Å². The number of hydrogen-bond acceptors (Lipinski definition) is 11. The van der Waals surface area contributed by atoms with E-state index in [1.807, 2.05) is 6.08 Å². The lowest BCUT2D eigenvalue weighted by Crippen LogP contribution is -2.53. The molecular formula is C42H36ClN5O10. The number of anilines is 3. The molecule has 1 N–H and O–H groups in total. The molecule has 4 aliphatic rings. The summed E-state index contributed by atoms with van der Waals surface area (Å²) in [4.78, 5) is 85.6. The van der Waals surface area contributed by atoms with Crippen molar-refractivity contribution in [1.82, 2.24) is 0 Å². The Morgan fingerprint density at radius 1 is 0.828 bits per heavy atom. The van der Waals surface area contributed by atoms with Crippen LogP contribution < -0.4 is 19.4 Å². The van der Waals surface area contributed by atoms with Crippen LogP contribution in [0.25, 0.3) is 0 Å². The molecule has 16 heteroatoms. The summed E-state index contributed by atoms with van der Waals surface area (Å²) in [5.41, 5.74) is -1.30. The first-order valence-electron chi connectivity index (χ1n) is 18.6. The van der Waals surface area contributed by atoms with Crippen molar-refractivity contribution in [2.45, 2.75) is 24.2 Å². The van der Waals surface area contributed by atoms with E-state index in [4.69, 9.17) is 16.3 Å². The molecule has 2 saturated heterocycles. The average molecular weight is 806 g/mol. The minimum Gasteiger partial charge on any atom is -0.491 e. The minimum absolute atomic E-state index is 0.00947. The van der Waals surface area contributed by atoms with Gasteiger partial charge in [-0.3, -0.25) is 39.4 Å². The van der Waals surface area contributed by atoms with Crippen LogP contribution in [0.1, 0.15) is 29.9 Å². The fourth-order valence-corrected chi connectivity index (χ4v) is 9.93. The Labute approximate surface area is 336 Å². The van der Waals surface area contributed by atoms with Crippen LogP contribution in [-0.4, -0.2) is 65.9 Å². The van der Waals surface area contributed by atoms with Gasteiger partial charge in [-0.1, -0.05) is 71.8 Å². The highest BCUT2D eigenvalue weighted by molar-refractivity contribution is 6.32. The summed E-state index contributed by atoms with van der Waals surface area (Å²) in [5.74, 6) is -6.60. The molecule has 0 spiro atoms. The number of rotatable bonds is 10. The first-order chi connectivity index (χ1) is 27.8. The van der Waals surface area contributed by atoms with E-state index >= 15 is 4.79 Å². The van der Waals surface area contributed by atoms with Crippen molar-refractivity contribution in [3.8, 4) is 5.75 Å². The van der Waals surface area contributed by atoms with Crippen molar-refractivity contribution in [3.05, 3.63) is 139 Å². The van der Waals surface area contributed by atoms with Crippen molar-refractivity contribution in [3.63, 3.8) is 0 Å². The Hall–Kier alpha value is -6.45. The maximum Gasteiger partial charge on any atom is 0.301 e. The molecular weight excluding hydrogens is 770 g/mol. The average Bonchev–Trinajstić information content (AvgIpc) is 3.60. The molecule has 1 saturated carbocycles. The zero-order valence-corrected chi connectivity index (χ0v) is 31.9. The number of allylic oxidation sites excluding steroid dienone is 2. The van der Waals surface area contributed by atoms with Gasteiger partial charge in [0, 0.05) is 37.2 Å². The molecule has 296 valence electrons. The Bertz CT molecular complexity index is 2400. The Morgan fingerprint density at radius 2 is 1.50 bits per heavy atom. The summed E-state index contributed by atoms with van der Waals surface area (Å²) in [6, 6.07) is 24.4. The van der Waals surface area contributed by atoms with E-state index in [0.29, 0.717) is 27.5 Å². The first-order valence-corrected chi connectivity index (χ1v) is 18.9. The van der Waals surface area contributed by atoms with Crippen LogP contribution in [-0.2, 0) is 24.6 Å². The van der Waals surface area contributed by atoms with Crippen LogP contribution in [0.5, 0.6) is 5.75 Å². The molecule has 0 aromatic heterocycles. The maximum atomic E-state index is 15.4. The van der Waals surface area contributed by atoms with Gasteiger partial charge in [0.1, 0.15) is 12.4 Å². The number of imide groups is 2. The Balaban J connectivity index is 1.31. The molecule has 2 heterocycles. The van der Waals surface area contributed by atoms with Gasteiger partial charge in [-0.2, -0.15) is 0 Å². The third-order valence-electron chi connectivity index (χ3n) is 11.9. The Kier molecular flexibility index (Phi) is 9.60. The number of nitrogens with zero attached hydrogens (tertiary/aromatic N) is 5. The van der Waals surface area contributed by atoms with Crippen molar-refractivity contribution in [2.75, 3.05) is 42.0 Å². The van der Waals surface area contributed by atoms with Crippen LogP contribution in [0, 0.1) is 43.9 Å². The van der Waals surface area contributed by atoms with E-state index in [0.717, 1.165) is 21.9 Å². The molecule has 8 rings (SSSR count). The number of carbonyl (C=O) groups excluding carboxylic acids is 4. The second kappa shape index (κ2) is 14.5. The van der Waals surface area contributed by atoms with Gasteiger partial charge >= 0.3 is 11.4 Å². The third kappa shape index (κ3) is 5.75. The van der Waals surface area contributed by atoms with Crippen LogP contribution >= 0.6 is 11.6 Å². The van der Waals surface area contributed by atoms with E-state index < -0.39 is 79.9 Å². The third-order valence-corrected chi connectivity index (χ3v) is 12.1. The van der Waals surface area contributed by atoms with Gasteiger partial charge in [0.05, 0.1) is 51.0 Å². The van der Waals surface area contributed by atoms with E-state index in [1.54, 1.807) is 72.8 Å². The molecule has 15 nitrogen and oxygen atoms in total. The van der Waals surface area contributed by atoms with Gasteiger partial charge in [0.25, 0.3) is 0 Å².